The lowest BCUT2D eigenvalue weighted by molar-refractivity contribution is 0.0545. The van der Waals surface area contributed by atoms with Crippen LogP contribution < -0.4 is 5.32 Å². The van der Waals surface area contributed by atoms with Crippen molar-refractivity contribution in [3.05, 3.63) is 54.1 Å². The van der Waals surface area contributed by atoms with Gasteiger partial charge in [-0.2, -0.15) is 0 Å². The minimum Gasteiger partial charge on any atom is -0.372 e. The SMILES string of the molecule is CSc1cccc(-c2ccccc2CO[C@H]2CCNC2)c1. The van der Waals surface area contributed by atoms with Gasteiger partial charge in [0.05, 0.1) is 12.7 Å². The Hall–Kier alpha value is -1.29. The molecule has 2 nitrogen and oxygen atoms in total. The maximum atomic E-state index is 6.04. The van der Waals surface area contributed by atoms with Crippen LogP contribution in [0.2, 0.25) is 0 Å². The minimum absolute atomic E-state index is 0.357. The maximum Gasteiger partial charge on any atom is 0.0727 e. The summed E-state index contributed by atoms with van der Waals surface area (Å²) in [5.41, 5.74) is 3.81. The smallest absolute Gasteiger partial charge is 0.0727 e. The first-order chi connectivity index (χ1) is 10.4. The molecular weight excluding hydrogens is 278 g/mol. The van der Waals surface area contributed by atoms with Gasteiger partial charge in [-0.3, -0.25) is 0 Å². The van der Waals surface area contributed by atoms with Gasteiger partial charge in [0, 0.05) is 11.4 Å². The van der Waals surface area contributed by atoms with E-state index in [9.17, 15) is 0 Å². The van der Waals surface area contributed by atoms with E-state index < -0.39 is 0 Å². The summed E-state index contributed by atoms with van der Waals surface area (Å²) in [5, 5.41) is 3.34. The normalized spacial score (nSPS) is 18.0. The second kappa shape index (κ2) is 7.12. The highest BCUT2D eigenvalue weighted by Gasteiger charge is 2.15. The highest BCUT2D eigenvalue weighted by molar-refractivity contribution is 7.98. The Balaban J connectivity index is 1.80. The first kappa shape index (κ1) is 14.6. The molecule has 2 aromatic carbocycles. The molecule has 0 bridgehead atoms. The van der Waals surface area contributed by atoms with E-state index in [-0.39, 0.29) is 0 Å². The summed E-state index contributed by atoms with van der Waals surface area (Å²) in [6.45, 7) is 2.73. The molecule has 1 heterocycles. The molecule has 3 rings (SSSR count). The zero-order valence-corrected chi connectivity index (χ0v) is 13.2. The molecule has 0 unspecified atom stereocenters. The third-order valence-electron chi connectivity index (χ3n) is 3.89. The van der Waals surface area contributed by atoms with Crippen LogP contribution in [0.4, 0.5) is 0 Å². The van der Waals surface area contributed by atoms with Gasteiger partial charge in [0.2, 0.25) is 0 Å². The average Bonchev–Trinajstić information content (AvgIpc) is 3.07. The number of hydrogen-bond donors (Lipinski definition) is 1. The van der Waals surface area contributed by atoms with Crippen molar-refractivity contribution in [3.63, 3.8) is 0 Å². The molecule has 1 fully saturated rings. The first-order valence-electron chi connectivity index (χ1n) is 7.41. The van der Waals surface area contributed by atoms with Gasteiger partial charge in [-0.25, -0.2) is 0 Å². The maximum absolute atomic E-state index is 6.04. The molecule has 0 amide bonds. The Bertz CT molecular complexity index is 593. The Morgan fingerprint density at radius 2 is 2.10 bits per heavy atom. The van der Waals surface area contributed by atoms with E-state index in [4.69, 9.17) is 4.74 Å². The van der Waals surface area contributed by atoms with Crippen LogP contribution in [-0.2, 0) is 11.3 Å². The molecule has 1 N–H and O–H groups in total. The number of nitrogens with one attached hydrogen (secondary N) is 1. The molecule has 0 radical (unpaired) electrons. The molecule has 3 heteroatoms. The van der Waals surface area contributed by atoms with Crippen molar-refractivity contribution in [1.82, 2.24) is 5.32 Å². The monoisotopic (exact) mass is 299 g/mol. The Kier molecular flexibility index (Phi) is 4.96. The molecule has 1 aliphatic rings. The number of hydrogen-bond acceptors (Lipinski definition) is 3. The summed E-state index contributed by atoms with van der Waals surface area (Å²) in [7, 11) is 0. The summed E-state index contributed by atoms with van der Waals surface area (Å²) >= 11 is 1.78. The molecule has 0 aliphatic carbocycles. The zero-order chi connectivity index (χ0) is 14.5. The van der Waals surface area contributed by atoms with E-state index in [0.29, 0.717) is 12.7 Å². The predicted octanol–water partition coefficient (Wildman–Crippen LogP) is 3.95. The van der Waals surface area contributed by atoms with Gasteiger partial charge >= 0.3 is 0 Å². The van der Waals surface area contributed by atoms with Crippen molar-refractivity contribution in [2.45, 2.75) is 24.0 Å². The predicted molar refractivity (Wildman–Crippen MR) is 89.7 cm³/mol. The van der Waals surface area contributed by atoms with Crippen LogP contribution in [-0.4, -0.2) is 25.4 Å². The Labute approximate surface area is 130 Å². The van der Waals surface area contributed by atoms with Gasteiger partial charge < -0.3 is 10.1 Å². The van der Waals surface area contributed by atoms with Crippen LogP contribution in [0.25, 0.3) is 11.1 Å². The Morgan fingerprint density at radius 3 is 2.90 bits per heavy atom. The number of benzene rings is 2. The second-order valence-corrected chi connectivity index (χ2v) is 6.19. The van der Waals surface area contributed by atoms with Gasteiger partial charge in [0.15, 0.2) is 0 Å². The molecule has 0 spiro atoms. The molecule has 110 valence electrons. The highest BCUT2D eigenvalue weighted by atomic mass is 32.2. The lowest BCUT2D eigenvalue weighted by Gasteiger charge is -2.14. The molecule has 1 atom stereocenters. The summed E-state index contributed by atoms with van der Waals surface area (Å²) in [4.78, 5) is 1.29. The van der Waals surface area contributed by atoms with Crippen molar-refractivity contribution in [2.75, 3.05) is 19.3 Å². The fourth-order valence-corrected chi connectivity index (χ4v) is 3.16. The van der Waals surface area contributed by atoms with Crippen LogP contribution in [0.5, 0.6) is 0 Å². The Morgan fingerprint density at radius 1 is 1.19 bits per heavy atom. The standard InChI is InChI=1S/C18H21NOS/c1-21-17-7-4-6-14(11-17)18-8-3-2-5-15(18)13-20-16-9-10-19-12-16/h2-8,11,16,19H,9-10,12-13H2,1H3/t16-/m0/s1. The molecular formula is C18H21NOS. The van der Waals surface area contributed by atoms with Gasteiger partial charge in [-0.05, 0) is 48.0 Å². The van der Waals surface area contributed by atoms with Crippen LogP contribution in [0, 0.1) is 0 Å². The molecule has 21 heavy (non-hydrogen) atoms. The fraction of sp³-hybridized carbons (Fsp3) is 0.333. The summed E-state index contributed by atoms with van der Waals surface area (Å²) < 4.78 is 6.04. The van der Waals surface area contributed by atoms with Crippen LogP contribution in [0.3, 0.4) is 0 Å². The lowest BCUT2D eigenvalue weighted by Crippen LogP contribution is -2.16. The summed E-state index contributed by atoms with van der Waals surface area (Å²) in [6, 6.07) is 17.2. The largest absolute Gasteiger partial charge is 0.372 e. The molecule has 2 aromatic rings. The minimum atomic E-state index is 0.357. The topological polar surface area (TPSA) is 21.3 Å². The van der Waals surface area contributed by atoms with Crippen molar-refractivity contribution >= 4 is 11.8 Å². The first-order valence-corrected chi connectivity index (χ1v) is 8.64. The molecule has 0 aromatic heterocycles. The van der Waals surface area contributed by atoms with Gasteiger partial charge in [-0.1, -0.05) is 36.4 Å². The lowest BCUT2D eigenvalue weighted by atomic mass is 10.0. The van der Waals surface area contributed by atoms with Crippen LogP contribution in [0.1, 0.15) is 12.0 Å². The fourth-order valence-electron chi connectivity index (χ4n) is 2.70. The summed E-state index contributed by atoms with van der Waals surface area (Å²) in [6.07, 6.45) is 3.58. The van der Waals surface area contributed by atoms with E-state index in [1.807, 2.05) is 0 Å². The van der Waals surface area contributed by atoms with Gasteiger partial charge in [0.1, 0.15) is 0 Å². The van der Waals surface area contributed by atoms with Crippen molar-refractivity contribution in [2.24, 2.45) is 0 Å². The van der Waals surface area contributed by atoms with Crippen LogP contribution in [0.15, 0.2) is 53.4 Å². The van der Waals surface area contributed by atoms with E-state index in [2.05, 4.69) is 60.1 Å². The molecule has 1 aliphatic heterocycles. The molecule has 0 saturated carbocycles. The van der Waals surface area contributed by atoms with E-state index in [1.165, 1.54) is 21.6 Å². The third-order valence-corrected chi connectivity index (χ3v) is 4.61. The van der Waals surface area contributed by atoms with Gasteiger partial charge in [0.25, 0.3) is 0 Å². The number of ether oxygens (including phenoxy) is 1. The third kappa shape index (κ3) is 3.67. The number of rotatable bonds is 5. The van der Waals surface area contributed by atoms with Crippen molar-refractivity contribution in [1.29, 1.82) is 0 Å². The average molecular weight is 299 g/mol. The van der Waals surface area contributed by atoms with Crippen molar-refractivity contribution in [3.8, 4) is 11.1 Å². The highest BCUT2D eigenvalue weighted by Crippen LogP contribution is 2.28. The van der Waals surface area contributed by atoms with Crippen LogP contribution >= 0.6 is 11.8 Å². The van der Waals surface area contributed by atoms with Gasteiger partial charge in [-0.15, -0.1) is 11.8 Å². The number of thioether (sulfide) groups is 1. The van der Waals surface area contributed by atoms with Crippen molar-refractivity contribution < 1.29 is 4.74 Å². The second-order valence-electron chi connectivity index (χ2n) is 5.31. The van der Waals surface area contributed by atoms with E-state index >= 15 is 0 Å². The zero-order valence-electron chi connectivity index (χ0n) is 12.3. The van der Waals surface area contributed by atoms with E-state index in [1.54, 1.807) is 11.8 Å². The molecule has 1 saturated heterocycles. The quantitative estimate of drug-likeness (QED) is 0.845. The van der Waals surface area contributed by atoms with E-state index in [0.717, 1.165) is 19.5 Å². The summed E-state index contributed by atoms with van der Waals surface area (Å²) in [5.74, 6) is 0.